The first-order valence-corrected chi connectivity index (χ1v) is 9.44. The standard InChI is InChI=1S/C17H27N3OS.ClH/c1-3-22-12-11-20(16-7-5-4-6-8-16)17(21)19-15-10-9-14(2)18-13-15;/h9-10,13,16H,3-8,11-12H2,1-2H3,(H,19,21);1H. The Kier molecular flexibility index (Phi) is 9.41. The molecule has 0 spiro atoms. The van der Waals surface area contributed by atoms with Crippen molar-refractivity contribution in [2.24, 2.45) is 0 Å². The van der Waals surface area contributed by atoms with Gasteiger partial charge >= 0.3 is 6.03 Å². The second kappa shape index (κ2) is 10.8. The molecule has 1 aromatic heterocycles. The van der Waals surface area contributed by atoms with Gasteiger partial charge < -0.3 is 10.2 Å². The Morgan fingerprint density at radius 1 is 1.35 bits per heavy atom. The molecule has 1 heterocycles. The molecule has 4 nitrogen and oxygen atoms in total. The number of anilines is 1. The van der Waals surface area contributed by atoms with E-state index in [0.29, 0.717) is 6.04 Å². The first kappa shape index (κ1) is 20.1. The van der Waals surface area contributed by atoms with Gasteiger partial charge in [0, 0.05) is 24.0 Å². The molecule has 1 fully saturated rings. The van der Waals surface area contributed by atoms with Crippen LogP contribution in [0.15, 0.2) is 18.3 Å². The van der Waals surface area contributed by atoms with E-state index in [1.165, 1.54) is 19.3 Å². The molecule has 0 atom stereocenters. The van der Waals surface area contributed by atoms with E-state index in [4.69, 9.17) is 0 Å². The summed E-state index contributed by atoms with van der Waals surface area (Å²) in [6.45, 7) is 4.93. The number of pyridine rings is 1. The van der Waals surface area contributed by atoms with Gasteiger partial charge in [-0.25, -0.2) is 4.79 Å². The number of thioether (sulfide) groups is 1. The Hall–Kier alpha value is -0.940. The van der Waals surface area contributed by atoms with Crippen molar-refractivity contribution >= 4 is 35.9 Å². The van der Waals surface area contributed by atoms with Gasteiger partial charge in [-0.05, 0) is 37.7 Å². The molecule has 0 saturated heterocycles. The van der Waals surface area contributed by atoms with Crippen LogP contribution in [-0.2, 0) is 0 Å². The van der Waals surface area contributed by atoms with Crippen LogP contribution in [0.2, 0.25) is 0 Å². The van der Waals surface area contributed by atoms with E-state index in [9.17, 15) is 4.79 Å². The summed E-state index contributed by atoms with van der Waals surface area (Å²) < 4.78 is 0. The van der Waals surface area contributed by atoms with E-state index >= 15 is 0 Å². The third kappa shape index (κ3) is 6.60. The molecule has 2 rings (SSSR count). The second-order valence-electron chi connectivity index (χ2n) is 5.80. The van der Waals surface area contributed by atoms with Gasteiger partial charge in [0.25, 0.3) is 0 Å². The quantitative estimate of drug-likeness (QED) is 0.748. The zero-order chi connectivity index (χ0) is 15.8. The van der Waals surface area contributed by atoms with E-state index in [0.717, 1.165) is 42.3 Å². The maximum atomic E-state index is 12.7. The number of halogens is 1. The molecule has 1 saturated carbocycles. The lowest BCUT2D eigenvalue weighted by Crippen LogP contribution is -2.45. The highest BCUT2D eigenvalue weighted by Gasteiger charge is 2.25. The Bertz CT molecular complexity index is 463. The maximum Gasteiger partial charge on any atom is 0.322 e. The normalized spacial score (nSPS) is 14.9. The van der Waals surface area contributed by atoms with Crippen LogP contribution in [0.4, 0.5) is 10.5 Å². The van der Waals surface area contributed by atoms with E-state index < -0.39 is 0 Å². The van der Waals surface area contributed by atoms with Crippen molar-refractivity contribution in [3.05, 3.63) is 24.0 Å². The summed E-state index contributed by atoms with van der Waals surface area (Å²) in [4.78, 5) is 19.0. The topological polar surface area (TPSA) is 45.2 Å². The van der Waals surface area contributed by atoms with Crippen molar-refractivity contribution < 1.29 is 4.79 Å². The lowest BCUT2D eigenvalue weighted by atomic mass is 9.94. The number of urea groups is 1. The highest BCUT2D eigenvalue weighted by molar-refractivity contribution is 7.99. The number of aryl methyl sites for hydroxylation is 1. The molecule has 0 radical (unpaired) electrons. The number of carbonyl (C=O) groups is 1. The number of carbonyl (C=O) groups excluding carboxylic acids is 1. The van der Waals surface area contributed by atoms with Crippen LogP contribution >= 0.6 is 24.2 Å². The summed E-state index contributed by atoms with van der Waals surface area (Å²) in [5.74, 6) is 2.11. The van der Waals surface area contributed by atoms with E-state index in [2.05, 4.69) is 17.2 Å². The minimum atomic E-state index is 0. The molecule has 6 heteroatoms. The zero-order valence-corrected chi connectivity index (χ0v) is 15.7. The van der Waals surface area contributed by atoms with Crippen LogP contribution in [0.25, 0.3) is 0 Å². The number of nitrogens with zero attached hydrogens (tertiary/aromatic N) is 2. The largest absolute Gasteiger partial charge is 0.322 e. The van der Waals surface area contributed by atoms with Gasteiger partial charge in [-0.2, -0.15) is 11.8 Å². The fourth-order valence-electron chi connectivity index (χ4n) is 2.89. The maximum absolute atomic E-state index is 12.7. The molecule has 0 aromatic carbocycles. The van der Waals surface area contributed by atoms with Gasteiger partial charge in [0.15, 0.2) is 0 Å². The summed E-state index contributed by atoms with van der Waals surface area (Å²) in [6.07, 6.45) is 7.78. The minimum Gasteiger partial charge on any atom is -0.321 e. The van der Waals surface area contributed by atoms with Gasteiger partial charge in [0.1, 0.15) is 0 Å². The molecule has 0 bridgehead atoms. The molecule has 1 N–H and O–H groups in total. The van der Waals surface area contributed by atoms with Crippen molar-refractivity contribution in [1.29, 1.82) is 0 Å². The van der Waals surface area contributed by atoms with Crippen LogP contribution < -0.4 is 5.32 Å². The van der Waals surface area contributed by atoms with Crippen LogP contribution in [-0.4, -0.2) is 40.0 Å². The molecular formula is C17H28ClN3OS. The van der Waals surface area contributed by atoms with Crippen molar-refractivity contribution in [2.45, 2.75) is 52.0 Å². The second-order valence-corrected chi connectivity index (χ2v) is 7.19. The fraction of sp³-hybridized carbons (Fsp3) is 0.647. The third-order valence-electron chi connectivity index (χ3n) is 4.12. The lowest BCUT2D eigenvalue weighted by molar-refractivity contribution is 0.172. The van der Waals surface area contributed by atoms with Crippen LogP contribution in [0.1, 0.15) is 44.7 Å². The summed E-state index contributed by atoms with van der Waals surface area (Å²) in [6, 6.07) is 4.26. The third-order valence-corrected chi connectivity index (χ3v) is 5.00. The van der Waals surface area contributed by atoms with Crippen molar-refractivity contribution in [3.63, 3.8) is 0 Å². The average molecular weight is 358 g/mol. The monoisotopic (exact) mass is 357 g/mol. The Balaban J connectivity index is 0.00000264. The molecule has 1 aromatic rings. The van der Waals surface area contributed by atoms with E-state index in [1.54, 1.807) is 6.20 Å². The number of hydrogen-bond acceptors (Lipinski definition) is 3. The molecule has 0 unspecified atom stereocenters. The average Bonchev–Trinajstić information content (AvgIpc) is 2.54. The Morgan fingerprint density at radius 2 is 2.09 bits per heavy atom. The van der Waals surface area contributed by atoms with Gasteiger partial charge in [0.05, 0.1) is 11.9 Å². The van der Waals surface area contributed by atoms with Gasteiger partial charge in [-0.3, -0.25) is 4.98 Å². The first-order chi connectivity index (χ1) is 10.7. The smallest absolute Gasteiger partial charge is 0.321 e. The summed E-state index contributed by atoms with van der Waals surface area (Å²) in [5.41, 5.74) is 1.74. The Morgan fingerprint density at radius 3 is 2.70 bits per heavy atom. The minimum absolute atomic E-state index is 0. The summed E-state index contributed by atoms with van der Waals surface area (Å²) in [7, 11) is 0. The lowest BCUT2D eigenvalue weighted by Gasteiger charge is -2.34. The van der Waals surface area contributed by atoms with Crippen LogP contribution in [0, 0.1) is 6.92 Å². The zero-order valence-electron chi connectivity index (χ0n) is 14.1. The van der Waals surface area contributed by atoms with Crippen molar-refractivity contribution in [2.75, 3.05) is 23.4 Å². The van der Waals surface area contributed by atoms with Crippen molar-refractivity contribution in [3.8, 4) is 0 Å². The molecular weight excluding hydrogens is 330 g/mol. The number of amides is 2. The highest BCUT2D eigenvalue weighted by atomic mass is 35.5. The van der Waals surface area contributed by atoms with Crippen LogP contribution in [0.3, 0.4) is 0 Å². The van der Waals surface area contributed by atoms with Gasteiger partial charge in [-0.1, -0.05) is 26.2 Å². The summed E-state index contributed by atoms with van der Waals surface area (Å²) in [5, 5.41) is 3.01. The van der Waals surface area contributed by atoms with E-state index in [1.807, 2.05) is 35.7 Å². The van der Waals surface area contributed by atoms with E-state index in [-0.39, 0.29) is 18.4 Å². The van der Waals surface area contributed by atoms with Crippen LogP contribution in [0.5, 0.6) is 0 Å². The summed E-state index contributed by atoms with van der Waals surface area (Å²) >= 11 is 1.89. The molecule has 2 amide bonds. The predicted octanol–water partition coefficient (Wildman–Crippen LogP) is 4.73. The van der Waals surface area contributed by atoms with Gasteiger partial charge in [-0.15, -0.1) is 12.4 Å². The number of aromatic nitrogens is 1. The highest BCUT2D eigenvalue weighted by Crippen LogP contribution is 2.23. The number of hydrogen-bond donors (Lipinski definition) is 1. The molecule has 1 aliphatic rings. The molecule has 1 aliphatic carbocycles. The fourth-order valence-corrected chi connectivity index (χ4v) is 3.50. The number of rotatable bonds is 6. The molecule has 130 valence electrons. The van der Waals surface area contributed by atoms with Crippen molar-refractivity contribution in [1.82, 2.24) is 9.88 Å². The SMILES string of the molecule is CCSCCN(C(=O)Nc1ccc(C)nc1)C1CCCCC1.Cl. The number of nitrogens with one attached hydrogen (secondary N) is 1. The molecule has 23 heavy (non-hydrogen) atoms. The predicted molar refractivity (Wildman–Crippen MR) is 102 cm³/mol. The Labute approximate surface area is 150 Å². The molecule has 0 aliphatic heterocycles. The first-order valence-electron chi connectivity index (χ1n) is 8.28. The van der Waals surface area contributed by atoms with Gasteiger partial charge in [0.2, 0.25) is 0 Å².